The highest BCUT2D eigenvalue weighted by Gasteiger charge is 2.26. The van der Waals surface area contributed by atoms with Crippen molar-refractivity contribution in [3.63, 3.8) is 0 Å². The fraction of sp³-hybridized carbons (Fsp3) is 0.500. The molecule has 1 aliphatic rings. The molecule has 7 heteroatoms. The van der Waals surface area contributed by atoms with E-state index in [1.165, 1.54) is 0 Å². The predicted molar refractivity (Wildman–Crippen MR) is 108 cm³/mol. The van der Waals surface area contributed by atoms with Gasteiger partial charge in [-0.05, 0) is 44.0 Å². The summed E-state index contributed by atoms with van der Waals surface area (Å²) < 4.78 is 7.63. The average Bonchev–Trinajstić information content (AvgIpc) is 3.04. The van der Waals surface area contributed by atoms with E-state index in [0.29, 0.717) is 18.3 Å². The van der Waals surface area contributed by atoms with Gasteiger partial charge in [0.05, 0.1) is 6.61 Å². The number of piperidine rings is 1. The third-order valence-corrected chi connectivity index (χ3v) is 5.82. The van der Waals surface area contributed by atoms with E-state index in [2.05, 4.69) is 26.2 Å². The second kappa shape index (κ2) is 9.28. The summed E-state index contributed by atoms with van der Waals surface area (Å²) in [4.78, 5) is 2.45. The fourth-order valence-electron chi connectivity index (χ4n) is 3.54. The van der Waals surface area contributed by atoms with Gasteiger partial charge in [0.25, 0.3) is 0 Å². The molecule has 1 fully saturated rings. The van der Waals surface area contributed by atoms with Crippen LogP contribution in [0.1, 0.15) is 37.1 Å². The number of likely N-dealkylation sites (tertiary alicyclic amines) is 1. The van der Waals surface area contributed by atoms with Crippen LogP contribution in [0.25, 0.3) is 0 Å². The lowest BCUT2D eigenvalue weighted by Gasteiger charge is -2.32. The summed E-state index contributed by atoms with van der Waals surface area (Å²) in [5, 5.41) is 19.6. The Kier molecular flexibility index (Phi) is 6.79. The summed E-state index contributed by atoms with van der Waals surface area (Å²) >= 11 is 1.66. The first-order chi connectivity index (χ1) is 13.1. The fourth-order valence-corrected chi connectivity index (χ4v) is 4.19. The number of hydrogen-bond acceptors (Lipinski definition) is 6. The lowest BCUT2D eigenvalue weighted by atomic mass is 9.96. The topological polar surface area (TPSA) is 63.4 Å². The molecule has 0 amide bonds. The molecule has 1 N–H and O–H groups in total. The van der Waals surface area contributed by atoms with E-state index < -0.39 is 0 Å². The van der Waals surface area contributed by atoms with Gasteiger partial charge in [-0.1, -0.05) is 23.9 Å². The number of ether oxygens (including phenoxy) is 1. The number of phenolic OH excluding ortho intramolecular Hbond substituents is 1. The minimum Gasteiger partial charge on any atom is -0.504 e. The molecule has 0 saturated carbocycles. The molecule has 146 valence electrons. The standard InChI is InChI=1S/C20H28N4O2S/c1-4-11-27-20-22-21-19(23(20)3)16-7-6-10-24(14-16)13-15-8-9-17(25)18(12-15)26-5-2/h4,8-9,12,16,25H,1,5-7,10-11,13-14H2,2-3H3/t16-/m1/s1. The summed E-state index contributed by atoms with van der Waals surface area (Å²) in [5.41, 5.74) is 1.15. The molecule has 1 saturated heterocycles. The van der Waals surface area contributed by atoms with Crippen molar-refractivity contribution < 1.29 is 9.84 Å². The van der Waals surface area contributed by atoms with Crippen LogP contribution < -0.4 is 4.74 Å². The van der Waals surface area contributed by atoms with Crippen molar-refractivity contribution in [2.75, 3.05) is 25.4 Å². The van der Waals surface area contributed by atoms with Crippen molar-refractivity contribution in [2.24, 2.45) is 7.05 Å². The molecule has 1 aromatic heterocycles. The van der Waals surface area contributed by atoms with Gasteiger partial charge in [0.1, 0.15) is 5.82 Å². The second-order valence-electron chi connectivity index (χ2n) is 6.81. The Hall–Kier alpha value is -1.99. The molecule has 27 heavy (non-hydrogen) atoms. The zero-order valence-electron chi connectivity index (χ0n) is 16.1. The molecule has 0 unspecified atom stereocenters. The molecule has 6 nitrogen and oxygen atoms in total. The highest BCUT2D eigenvalue weighted by Crippen LogP contribution is 2.31. The van der Waals surface area contributed by atoms with Crippen LogP contribution in [0, 0.1) is 0 Å². The number of rotatable bonds is 8. The van der Waals surface area contributed by atoms with Crippen LogP contribution in [0.15, 0.2) is 36.0 Å². The highest BCUT2D eigenvalue weighted by atomic mass is 32.2. The van der Waals surface area contributed by atoms with Crippen molar-refractivity contribution in [2.45, 2.75) is 37.4 Å². The summed E-state index contributed by atoms with van der Waals surface area (Å²) in [6.07, 6.45) is 4.16. The van der Waals surface area contributed by atoms with Crippen LogP contribution in [-0.2, 0) is 13.6 Å². The first-order valence-corrected chi connectivity index (χ1v) is 10.4. The van der Waals surface area contributed by atoms with Crippen molar-refractivity contribution in [3.8, 4) is 11.5 Å². The summed E-state index contributed by atoms with van der Waals surface area (Å²) in [6, 6.07) is 5.62. The Morgan fingerprint density at radius 3 is 3.04 bits per heavy atom. The molecule has 3 rings (SSSR count). The highest BCUT2D eigenvalue weighted by molar-refractivity contribution is 7.99. The summed E-state index contributed by atoms with van der Waals surface area (Å²) in [7, 11) is 2.05. The van der Waals surface area contributed by atoms with Crippen molar-refractivity contribution in [1.29, 1.82) is 0 Å². The van der Waals surface area contributed by atoms with Crippen LogP contribution in [0.3, 0.4) is 0 Å². The Balaban J connectivity index is 1.67. The average molecular weight is 389 g/mol. The molecule has 0 radical (unpaired) electrons. The molecule has 0 aliphatic carbocycles. The van der Waals surface area contributed by atoms with Gasteiger partial charge >= 0.3 is 0 Å². The van der Waals surface area contributed by atoms with Crippen LogP contribution in [0.5, 0.6) is 11.5 Å². The van der Waals surface area contributed by atoms with E-state index in [1.807, 2.05) is 32.2 Å². The molecule has 0 spiro atoms. The number of phenols is 1. The normalized spacial score (nSPS) is 17.8. The molecule has 2 aromatic rings. The van der Waals surface area contributed by atoms with Gasteiger partial charge < -0.3 is 14.4 Å². The van der Waals surface area contributed by atoms with Gasteiger partial charge in [0, 0.05) is 31.8 Å². The van der Waals surface area contributed by atoms with Gasteiger partial charge in [0.15, 0.2) is 16.7 Å². The SMILES string of the molecule is C=CCSc1nnc([C@@H]2CCCN(Cc3ccc(O)c(OCC)c3)C2)n1C. The lowest BCUT2D eigenvalue weighted by Crippen LogP contribution is -2.34. The Morgan fingerprint density at radius 2 is 2.26 bits per heavy atom. The largest absolute Gasteiger partial charge is 0.504 e. The maximum Gasteiger partial charge on any atom is 0.191 e. The molecule has 1 atom stereocenters. The molecule has 2 heterocycles. The van der Waals surface area contributed by atoms with Crippen LogP contribution >= 0.6 is 11.8 Å². The third-order valence-electron chi connectivity index (χ3n) is 4.80. The minimum atomic E-state index is 0.195. The molecular formula is C20H28N4O2S. The van der Waals surface area contributed by atoms with Crippen LogP contribution in [0.2, 0.25) is 0 Å². The lowest BCUT2D eigenvalue weighted by molar-refractivity contribution is 0.194. The Labute approximate surface area is 165 Å². The zero-order chi connectivity index (χ0) is 19.2. The van der Waals surface area contributed by atoms with E-state index in [4.69, 9.17) is 4.74 Å². The summed E-state index contributed by atoms with van der Waals surface area (Å²) in [5.74, 6) is 3.04. The van der Waals surface area contributed by atoms with Crippen LogP contribution in [0.4, 0.5) is 0 Å². The van der Waals surface area contributed by atoms with Gasteiger partial charge in [-0.15, -0.1) is 16.8 Å². The quantitative estimate of drug-likeness (QED) is 0.551. The van der Waals surface area contributed by atoms with Gasteiger partial charge in [-0.3, -0.25) is 4.90 Å². The van der Waals surface area contributed by atoms with Gasteiger partial charge in [0.2, 0.25) is 0 Å². The van der Waals surface area contributed by atoms with Crippen molar-refractivity contribution >= 4 is 11.8 Å². The summed E-state index contributed by atoms with van der Waals surface area (Å²) in [6.45, 7) is 9.10. The predicted octanol–water partition coefficient (Wildman–Crippen LogP) is 3.58. The second-order valence-corrected chi connectivity index (χ2v) is 7.80. The van der Waals surface area contributed by atoms with E-state index in [9.17, 15) is 5.11 Å². The number of thioether (sulfide) groups is 1. The first-order valence-electron chi connectivity index (χ1n) is 9.42. The molecule has 1 aliphatic heterocycles. The minimum absolute atomic E-state index is 0.195. The zero-order valence-corrected chi connectivity index (χ0v) is 16.9. The van der Waals surface area contributed by atoms with Gasteiger partial charge in [-0.2, -0.15) is 0 Å². The van der Waals surface area contributed by atoms with E-state index in [1.54, 1.807) is 17.8 Å². The number of hydrogen-bond donors (Lipinski definition) is 1. The van der Waals surface area contributed by atoms with Gasteiger partial charge in [-0.25, -0.2) is 0 Å². The molecule has 1 aromatic carbocycles. The van der Waals surface area contributed by atoms with E-state index in [-0.39, 0.29) is 5.75 Å². The van der Waals surface area contributed by atoms with E-state index in [0.717, 1.165) is 54.8 Å². The maximum absolute atomic E-state index is 9.89. The van der Waals surface area contributed by atoms with Crippen LogP contribution in [-0.4, -0.2) is 50.2 Å². The number of aromatic nitrogens is 3. The Morgan fingerprint density at radius 1 is 1.41 bits per heavy atom. The van der Waals surface area contributed by atoms with E-state index >= 15 is 0 Å². The monoisotopic (exact) mass is 388 g/mol. The Bertz CT molecular complexity index is 777. The third kappa shape index (κ3) is 4.84. The maximum atomic E-state index is 9.89. The molecular weight excluding hydrogens is 360 g/mol. The first kappa shape index (κ1) is 19.8. The number of nitrogens with zero attached hydrogens (tertiary/aromatic N) is 4. The van der Waals surface area contributed by atoms with Crippen molar-refractivity contribution in [3.05, 3.63) is 42.2 Å². The number of benzene rings is 1. The molecule has 0 bridgehead atoms. The number of aromatic hydroxyl groups is 1. The smallest absolute Gasteiger partial charge is 0.191 e. The van der Waals surface area contributed by atoms with Crippen molar-refractivity contribution in [1.82, 2.24) is 19.7 Å².